The van der Waals surface area contributed by atoms with E-state index >= 15 is 0 Å². The standard InChI is InChI=1S/C17H17FO2/c1-2-4-13-7-9-14(10-8-13)17(19)12-20-16-6-3-5-15(18)11-16/h3,5-11H,2,4,12H2,1H3. The molecule has 0 saturated heterocycles. The highest BCUT2D eigenvalue weighted by Gasteiger charge is 2.07. The maximum Gasteiger partial charge on any atom is 0.200 e. The number of benzene rings is 2. The van der Waals surface area contributed by atoms with Crippen LogP contribution >= 0.6 is 0 Å². The van der Waals surface area contributed by atoms with Gasteiger partial charge in [-0.2, -0.15) is 0 Å². The molecule has 0 fully saturated rings. The van der Waals surface area contributed by atoms with Crippen LogP contribution in [-0.2, 0) is 6.42 Å². The lowest BCUT2D eigenvalue weighted by molar-refractivity contribution is 0.0921. The number of carbonyl (C=O) groups excluding carboxylic acids is 1. The highest BCUT2D eigenvalue weighted by atomic mass is 19.1. The van der Waals surface area contributed by atoms with E-state index in [2.05, 4.69) is 6.92 Å². The number of ether oxygens (including phenoxy) is 1. The van der Waals surface area contributed by atoms with Crippen molar-refractivity contribution >= 4 is 5.78 Å². The van der Waals surface area contributed by atoms with Gasteiger partial charge in [0, 0.05) is 11.6 Å². The van der Waals surface area contributed by atoms with Gasteiger partial charge >= 0.3 is 0 Å². The Morgan fingerprint density at radius 1 is 1.15 bits per heavy atom. The number of hydrogen-bond acceptors (Lipinski definition) is 2. The van der Waals surface area contributed by atoms with Crippen LogP contribution in [0.5, 0.6) is 5.75 Å². The van der Waals surface area contributed by atoms with Crippen LogP contribution in [0.3, 0.4) is 0 Å². The molecule has 104 valence electrons. The van der Waals surface area contributed by atoms with Gasteiger partial charge in [-0.3, -0.25) is 4.79 Å². The first-order valence-corrected chi connectivity index (χ1v) is 6.69. The molecule has 0 aliphatic rings. The third-order valence-electron chi connectivity index (χ3n) is 2.98. The van der Waals surface area contributed by atoms with E-state index in [0.717, 1.165) is 12.8 Å². The van der Waals surface area contributed by atoms with Crippen LogP contribution in [-0.4, -0.2) is 12.4 Å². The van der Waals surface area contributed by atoms with Crippen molar-refractivity contribution in [2.45, 2.75) is 19.8 Å². The number of Topliss-reactive ketones (excluding diaryl/α,β-unsaturated/α-hetero) is 1. The molecule has 0 amide bonds. The molecule has 0 bridgehead atoms. The number of halogens is 1. The van der Waals surface area contributed by atoms with Gasteiger partial charge in [-0.25, -0.2) is 4.39 Å². The van der Waals surface area contributed by atoms with E-state index in [-0.39, 0.29) is 18.2 Å². The molecule has 0 saturated carbocycles. The predicted octanol–water partition coefficient (Wildman–Crippen LogP) is 4.04. The van der Waals surface area contributed by atoms with Gasteiger partial charge in [-0.15, -0.1) is 0 Å². The molecule has 2 aromatic carbocycles. The quantitative estimate of drug-likeness (QED) is 0.742. The number of rotatable bonds is 6. The monoisotopic (exact) mass is 272 g/mol. The Balaban J connectivity index is 1.94. The predicted molar refractivity (Wildman–Crippen MR) is 76.7 cm³/mol. The average molecular weight is 272 g/mol. The lowest BCUT2D eigenvalue weighted by Crippen LogP contribution is -2.11. The van der Waals surface area contributed by atoms with Crippen molar-refractivity contribution in [3.8, 4) is 5.75 Å². The van der Waals surface area contributed by atoms with E-state index in [1.165, 1.54) is 17.7 Å². The van der Waals surface area contributed by atoms with Gasteiger partial charge in [0.15, 0.2) is 12.4 Å². The van der Waals surface area contributed by atoms with E-state index in [0.29, 0.717) is 11.3 Å². The van der Waals surface area contributed by atoms with Gasteiger partial charge in [-0.05, 0) is 24.1 Å². The van der Waals surface area contributed by atoms with Crippen LogP contribution in [0.25, 0.3) is 0 Å². The summed E-state index contributed by atoms with van der Waals surface area (Å²) in [6, 6.07) is 13.3. The number of ketones is 1. The van der Waals surface area contributed by atoms with Crippen molar-refractivity contribution in [1.82, 2.24) is 0 Å². The summed E-state index contributed by atoms with van der Waals surface area (Å²) in [5, 5.41) is 0. The van der Waals surface area contributed by atoms with Crippen molar-refractivity contribution in [3.63, 3.8) is 0 Å². The molecule has 3 heteroatoms. The van der Waals surface area contributed by atoms with Crippen molar-refractivity contribution in [2.75, 3.05) is 6.61 Å². The normalized spacial score (nSPS) is 10.3. The number of hydrogen-bond donors (Lipinski definition) is 0. The van der Waals surface area contributed by atoms with Crippen LogP contribution < -0.4 is 4.74 Å². The van der Waals surface area contributed by atoms with Crippen molar-refractivity contribution in [2.24, 2.45) is 0 Å². The Hall–Kier alpha value is -2.16. The summed E-state index contributed by atoms with van der Waals surface area (Å²) >= 11 is 0. The summed E-state index contributed by atoms with van der Waals surface area (Å²) in [7, 11) is 0. The highest BCUT2D eigenvalue weighted by molar-refractivity contribution is 5.97. The van der Waals surface area contributed by atoms with Gasteiger partial charge in [0.05, 0.1) is 0 Å². The summed E-state index contributed by atoms with van der Waals surface area (Å²) in [5.41, 5.74) is 1.83. The van der Waals surface area contributed by atoms with Crippen LogP contribution in [0.4, 0.5) is 4.39 Å². The molecule has 0 aliphatic carbocycles. The van der Waals surface area contributed by atoms with E-state index < -0.39 is 0 Å². The largest absolute Gasteiger partial charge is 0.485 e. The van der Waals surface area contributed by atoms with Gasteiger partial charge in [0.1, 0.15) is 11.6 Å². The Labute approximate surface area is 118 Å². The average Bonchev–Trinajstić information content (AvgIpc) is 2.46. The Kier molecular flexibility index (Phi) is 4.88. The van der Waals surface area contributed by atoms with Gasteiger partial charge < -0.3 is 4.74 Å². The fourth-order valence-electron chi connectivity index (χ4n) is 1.93. The van der Waals surface area contributed by atoms with E-state index in [4.69, 9.17) is 4.74 Å². The maximum absolute atomic E-state index is 13.0. The zero-order chi connectivity index (χ0) is 14.4. The topological polar surface area (TPSA) is 26.3 Å². The molecule has 0 aliphatic heterocycles. The zero-order valence-electron chi connectivity index (χ0n) is 11.4. The van der Waals surface area contributed by atoms with Gasteiger partial charge in [0.25, 0.3) is 0 Å². The fourth-order valence-corrected chi connectivity index (χ4v) is 1.93. The Morgan fingerprint density at radius 3 is 2.55 bits per heavy atom. The van der Waals surface area contributed by atoms with Crippen molar-refractivity contribution in [1.29, 1.82) is 0 Å². The molecule has 0 atom stereocenters. The Bertz CT molecular complexity index is 576. The second-order valence-corrected chi connectivity index (χ2v) is 4.62. The molecule has 0 spiro atoms. The van der Waals surface area contributed by atoms with Crippen LogP contribution in [0, 0.1) is 5.82 Å². The van der Waals surface area contributed by atoms with Crippen LogP contribution in [0.15, 0.2) is 48.5 Å². The molecular formula is C17H17FO2. The third kappa shape index (κ3) is 3.92. The second-order valence-electron chi connectivity index (χ2n) is 4.62. The van der Waals surface area contributed by atoms with Crippen LogP contribution in [0.1, 0.15) is 29.3 Å². The van der Waals surface area contributed by atoms with Crippen molar-refractivity contribution < 1.29 is 13.9 Å². The second kappa shape index (κ2) is 6.85. The summed E-state index contributed by atoms with van der Waals surface area (Å²) in [5.74, 6) is -0.128. The molecule has 0 unspecified atom stereocenters. The fraction of sp³-hybridized carbons (Fsp3) is 0.235. The molecule has 2 aromatic rings. The van der Waals surface area contributed by atoms with E-state index in [9.17, 15) is 9.18 Å². The molecule has 20 heavy (non-hydrogen) atoms. The van der Waals surface area contributed by atoms with Crippen molar-refractivity contribution in [3.05, 3.63) is 65.5 Å². The zero-order valence-corrected chi connectivity index (χ0v) is 11.4. The minimum atomic E-state index is -0.376. The minimum Gasteiger partial charge on any atom is -0.485 e. The molecule has 0 radical (unpaired) electrons. The smallest absolute Gasteiger partial charge is 0.200 e. The number of aryl methyl sites for hydroxylation is 1. The first kappa shape index (κ1) is 14.3. The molecule has 0 N–H and O–H groups in total. The maximum atomic E-state index is 13.0. The van der Waals surface area contributed by atoms with Crippen LogP contribution in [0.2, 0.25) is 0 Å². The van der Waals surface area contributed by atoms with Gasteiger partial charge in [-0.1, -0.05) is 43.7 Å². The lowest BCUT2D eigenvalue weighted by Gasteiger charge is -2.06. The summed E-state index contributed by atoms with van der Waals surface area (Å²) in [4.78, 5) is 12.0. The third-order valence-corrected chi connectivity index (χ3v) is 2.98. The first-order chi connectivity index (χ1) is 9.69. The summed E-state index contributed by atoms with van der Waals surface area (Å²) in [6.07, 6.45) is 2.09. The van der Waals surface area contributed by atoms with E-state index in [1.807, 2.05) is 24.3 Å². The highest BCUT2D eigenvalue weighted by Crippen LogP contribution is 2.13. The molecule has 0 heterocycles. The van der Waals surface area contributed by atoms with E-state index in [1.54, 1.807) is 12.1 Å². The number of carbonyl (C=O) groups is 1. The first-order valence-electron chi connectivity index (χ1n) is 6.69. The Morgan fingerprint density at radius 2 is 1.90 bits per heavy atom. The van der Waals surface area contributed by atoms with Gasteiger partial charge in [0.2, 0.25) is 0 Å². The molecule has 2 nitrogen and oxygen atoms in total. The SMILES string of the molecule is CCCc1ccc(C(=O)COc2cccc(F)c2)cc1. The molecular weight excluding hydrogens is 255 g/mol. The minimum absolute atomic E-state index is 0.0867. The lowest BCUT2D eigenvalue weighted by atomic mass is 10.1. The molecule has 2 rings (SSSR count). The summed E-state index contributed by atoms with van der Waals surface area (Å²) in [6.45, 7) is 2.03. The molecule has 0 aromatic heterocycles. The summed E-state index contributed by atoms with van der Waals surface area (Å²) < 4.78 is 18.3.